The number of unbranched alkanes of at least 4 members (excludes halogenated alkanes) is 2. The van der Waals surface area contributed by atoms with Crippen LogP contribution in [0, 0.1) is 24.7 Å². The first-order valence-corrected chi connectivity index (χ1v) is 12.2. The molecule has 0 bridgehead atoms. The molecular weight excluding hydrogens is 476 g/mol. The van der Waals surface area contributed by atoms with E-state index in [1.54, 1.807) is 0 Å². The van der Waals surface area contributed by atoms with Gasteiger partial charge in [0.05, 0.1) is 66.1 Å². The Morgan fingerprint density at radius 3 is 1.36 bits per heavy atom. The van der Waals surface area contributed by atoms with Crippen LogP contribution in [0.5, 0.6) is 0 Å². The van der Waals surface area contributed by atoms with Gasteiger partial charge in [0.1, 0.15) is 37.6 Å². The van der Waals surface area contributed by atoms with Crippen molar-refractivity contribution in [2.75, 3.05) is 92.5 Å². The quantitative estimate of drug-likeness (QED) is 0.0780. The lowest BCUT2D eigenvalue weighted by Gasteiger charge is -2.30. The van der Waals surface area contributed by atoms with E-state index in [9.17, 15) is 20.4 Å². The van der Waals surface area contributed by atoms with Crippen LogP contribution in [-0.4, -0.2) is 137 Å². The second-order valence-electron chi connectivity index (χ2n) is 7.58. The molecule has 0 aromatic carbocycles. The molecule has 11 nitrogen and oxygen atoms in total. The summed E-state index contributed by atoms with van der Waals surface area (Å²) in [5.74, 6) is 4.74. The average molecular weight is 521 g/mol. The van der Waals surface area contributed by atoms with Gasteiger partial charge in [-0.1, -0.05) is 11.8 Å². The maximum Gasteiger partial charge on any atom is 0.111 e. The maximum absolute atomic E-state index is 10.4. The molecule has 0 amide bonds. The number of aliphatic hydroxyl groups is 4. The monoisotopic (exact) mass is 520 g/mol. The number of aliphatic hydroxyl groups excluding tert-OH is 4. The molecule has 0 radical (unpaired) electrons. The zero-order valence-electron chi connectivity index (χ0n) is 21.1. The topological polar surface area (TPSA) is 146 Å². The second-order valence-corrected chi connectivity index (χ2v) is 7.58. The first kappa shape index (κ1) is 34.7. The molecule has 0 unspecified atom stereocenters. The predicted octanol–water partition coefficient (Wildman–Crippen LogP) is -1.02. The van der Waals surface area contributed by atoms with Crippen molar-refractivity contribution in [1.29, 1.82) is 0 Å². The third-order valence-corrected chi connectivity index (χ3v) is 4.78. The molecule has 0 fully saturated rings. The van der Waals surface area contributed by atoms with E-state index in [4.69, 9.17) is 46.0 Å². The summed E-state index contributed by atoms with van der Waals surface area (Å²) in [5, 5.41) is 39.8. The fourth-order valence-electron chi connectivity index (χ4n) is 2.86. The van der Waals surface area contributed by atoms with Crippen molar-refractivity contribution in [1.82, 2.24) is 0 Å². The van der Waals surface area contributed by atoms with Crippen LogP contribution in [0.4, 0.5) is 0 Å². The van der Waals surface area contributed by atoms with E-state index in [1.165, 1.54) is 0 Å². The molecule has 0 heterocycles. The first-order valence-electron chi connectivity index (χ1n) is 12.2. The zero-order chi connectivity index (χ0) is 26.7. The highest BCUT2D eigenvalue weighted by molar-refractivity contribution is 4.83. The number of hydrogen-bond donors (Lipinski definition) is 4. The van der Waals surface area contributed by atoms with Gasteiger partial charge in [0.2, 0.25) is 0 Å². The van der Waals surface area contributed by atoms with Crippen molar-refractivity contribution in [3.63, 3.8) is 0 Å². The van der Waals surface area contributed by atoms with Crippen LogP contribution >= 0.6 is 0 Å². The van der Waals surface area contributed by atoms with Gasteiger partial charge in [-0.2, -0.15) is 0 Å². The summed E-state index contributed by atoms with van der Waals surface area (Å²) in [6, 6.07) is 0. The highest BCUT2D eigenvalue weighted by atomic mass is 16.6. The van der Waals surface area contributed by atoms with Crippen LogP contribution in [-0.2, 0) is 33.2 Å². The Kier molecular flexibility index (Phi) is 25.8. The highest BCUT2D eigenvalue weighted by Crippen LogP contribution is 2.12. The summed E-state index contributed by atoms with van der Waals surface area (Å²) < 4.78 is 37.2. The van der Waals surface area contributed by atoms with E-state index in [0.717, 1.165) is 12.8 Å². The van der Waals surface area contributed by atoms with Gasteiger partial charge < -0.3 is 53.6 Å². The third kappa shape index (κ3) is 19.8. The zero-order valence-corrected chi connectivity index (χ0v) is 21.1. The molecule has 210 valence electrons. The van der Waals surface area contributed by atoms with Crippen molar-refractivity contribution >= 4 is 0 Å². The molecule has 4 N–H and O–H groups in total. The third-order valence-electron chi connectivity index (χ3n) is 4.78. The van der Waals surface area contributed by atoms with E-state index in [1.807, 2.05) is 0 Å². The predicted molar refractivity (Wildman–Crippen MR) is 131 cm³/mol. The van der Waals surface area contributed by atoms with E-state index in [-0.39, 0.29) is 33.0 Å². The van der Waals surface area contributed by atoms with Gasteiger partial charge in [0.15, 0.2) is 0 Å². The van der Waals surface area contributed by atoms with Crippen molar-refractivity contribution in [3.8, 4) is 24.7 Å². The molecular formula is C25H44O11. The number of ether oxygens (including phenoxy) is 7. The minimum atomic E-state index is -1.46. The lowest BCUT2D eigenvalue weighted by molar-refractivity contribution is -0.158. The smallest absolute Gasteiger partial charge is 0.111 e. The Bertz CT molecular complexity index is 501. The summed E-state index contributed by atoms with van der Waals surface area (Å²) in [7, 11) is 0. The minimum Gasteiger partial charge on any atom is -0.394 e. The second kappa shape index (κ2) is 26.7. The molecule has 0 rings (SSSR count). The summed E-state index contributed by atoms with van der Waals surface area (Å²) in [4.78, 5) is 0. The van der Waals surface area contributed by atoms with Gasteiger partial charge >= 0.3 is 0 Å². The minimum absolute atomic E-state index is 0.0863. The Morgan fingerprint density at radius 2 is 0.889 bits per heavy atom. The fourth-order valence-corrected chi connectivity index (χ4v) is 2.86. The van der Waals surface area contributed by atoms with Crippen LogP contribution in [0.25, 0.3) is 0 Å². The average Bonchev–Trinajstić information content (AvgIpc) is 2.89. The highest BCUT2D eigenvalue weighted by Gasteiger charge is 2.33. The SMILES string of the molecule is C#CCOCCOCCCCCO[C@H](CO)[C@@H](O)[C@H](O)[C@@H](CO)OCCOCCOCCOCC#C. The molecule has 0 saturated carbocycles. The van der Waals surface area contributed by atoms with Crippen LogP contribution in [0.3, 0.4) is 0 Å². The largest absolute Gasteiger partial charge is 0.394 e. The standard InChI is InChI=1S/C25H44O11/c1-3-8-30-12-14-32-10-6-5-7-11-35-22(20-26)24(28)25(29)23(21-27)36-19-18-34-17-16-33-15-13-31-9-4-2/h1-2,22-29H,5-21H2/t22-,23-,24-,25-/m1/s1. The first-order chi connectivity index (χ1) is 17.6. The number of rotatable bonds is 27. The molecule has 0 aromatic heterocycles. The summed E-state index contributed by atoms with van der Waals surface area (Å²) in [6.45, 7) is 3.12. The Morgan fingerprint density at radius 1 is 0.500 bits per heavy atom. The molecule has 0 saturated heterocycles. The molecule has 0 aromatic rings. The van der Waals surface area contributed by atoms with Crippen molar-refractivity contribution in [2.24, 2.45) is 0 Å². The fraction of sp³-hybridized carbons (Fsp3) is 0.840. The van der Waals surface area contributed by atoms with E-state index in [2.05, 4.69) is 11.8 Å². The van der Waals surface area contributed by atoms with Crippen LogP contribution in [0.2, 0.25) is 0 Å². The van der Waals surface area contributed by atoms with Crippen LogP contribution < -0.4 is 0 Å². The molecule has 36 heavy (non-hydrogen) atoms. The van der Waals surface area contributed by atoms with Gasteiger partial charge in [-0.3, -0.25) is 0 Å². The lowest BCUT2D eigenvalue weighted by atomic mass is 10.0. The maximum atomic E-state index is 10.4. The Balaban J connectivity index is 3.91. The van der Waals surface area contributed by atoms with E-state index < -0.39 is 37.6 Å². The Hall–Kier alpha value is -1.32. The van der Waals surface area contributed by atoms with E-state index >= 15 is 0 Å². The summed E-state index contributed by atoms with van der Waals surface area (Å²) in [6.07, 6.45) is 7.50. The van der Waals surface area contributed by atoms with Crippen molar-refractivity contribution in [2.45, 2.75) is 43.7 Å². The van der Waals surface area contributed by atoms with Gasteiger partial charge in [-0.15, -0.1) is 12.8 Å². The molecule has 11 heteroatoms. The van der Waals surface area contributed by atoms with E-state index in [0.29, 0.717) is 52.7 Å². The van der Waals surface area contributed by atoms with Crippen molar-refractivity contribution < 1.29 is 53.6 Å². The molecule has 0 aliphatic carbocycles. The van der Waals surface area contributed by atoms with Crippen LogP contribution in [0.1, 0.15) is 19.3 Å². The van der Waals surface area contributed by atoms with Gasteiger partial charge in [-0.05, 0) is 19.3 Å². The molecule has 0 spiro atoms. The Labute approximate surface area is 214 Å². The summed E-state index contributed by atoms with van der Waals surface area (Å²) in [5.41, 5.74) is 0. The lowest BCUT2D eigenvalue weighted by Crippen LogP contribution is -2.49. The van der Waals surface area contributed by atoms with Gasteiger partial charge in [-0.25, -0.2) is 0 Å². The molecule has 0 aliphatic heterocycles. The summed E-state index contributed by atoms with van der Waals surface area (Å²) >= 11 is 0. The normalized spacial score (nSPS) is 14.6. The van der Waals surface area contributed by atoms with Gasteiger partial charge in [0.25, 0.3) is 0 Å². The van der Waals surface area contributed by atoms with Gasteiger partial charge in [0, 0.05) is 13.2 Å². The number of hydrogen-bond acceptors (Lipinski definition) is 11. The van der Waals surface area contributed by atoms with Crippen LogP contribution in [0.15, 0.2) is 0 Å². The van der Waals surface area contributed by atoms with Crippen molar-refractivity contribution in [3.05, 3.63) is 0 Å². The molecule has 4 atom stereocenters. The number of terminal acetylenes is 2. The molecule has 0 aliphatic rings.